The molecule has 0 aromatic carbocycles. The van der Waals surface area contributed by atoms with Gasteiger partial charge in [-0.05, 0) is 52.1 Å². The van der Waals surface area contributed by atoms with Crippen LogP contribution in [0.5, 0.6) is 0 Å². The van der Waals surface area contributed by atoms with E-state index in [4.69, 9.17) is 5.26 Å². The van der Waals surface area contributed by atoms with Gasteiger partial charge in [0.15, 0.2) is 0 Å². The van der Waals surface area contributed by atoms with Crippen molar-refractivity contribution in [2.75, 3.05) is 0 Å². The normalized spacial score (nSPS) is 11.2. The first kappa shape index (κ1) is 13.4. The van der Waals surface area contributed by atoms with Crippen molar-refractivity contribution < 1.29 is 0 Å². The molecule has 1 heterocycles. The number of aryl methyl sites for hydroxylation is 1. The predicted molar refractivity (Wildman–Crippen MR) is 67.9 cm³/mol. The number of nitriles is 1. The second kappa shape index (κ2) is 5.11. The minimum Gasteiger partial charge on any atom is -0.266 e. The number of aromatic nitrogens is 2. The first-order valence-corrected chi connectivity index (χ1v) is 6.28. The van der Waals surface area contributed by atoms with Gasteiger partial charge < -0.3 is 0 Å². The van der Waals surface area contributed by atoms with Gasteiger partial charge in [-0.2, -0.15) is 10.4 Å². The largest absolute Gasteiger partial charge is 0.282 e. The van der Waals surface area contributed by atoms with Gasteiger partial charge in [0.25, 0.3) is 5.56 Å². The molecule has 0 N–H and O–H groups in total. The highest BCUT2D eigenvalue weighted by Gasteiger charge is 2.17. The van der Waals surface area contributed by atoms with Crippen LogP contribution >= 0.6 is 31.9 Å². The van der Waals surface area contributed by atoms with Crippen LogP contribution in [0.15, 0.2) is 19.9 Å². The highest BCUT2D eigenvalue weighted by atomic mass is 79.9. The summed E-state index contributed by atoms with van der Waals surface area (Å²) >= 11 is 6.39. The third-order valence-corrected chi connectivity index (χ3v) is 4.09. The number of hydrogen-bond donors (Lipinski definition) is 0. The van der Waals surface area contributed by atoms with Gasteiger partial charge >= 0.3 is 0 Å². The summed E-state index contributed by atoms with van der Waals surface area (Å²) in [6, 6.07) is 2.19. The standard InChI is InChI=1S/C10H11Br2N3O/c1-10(2,6-13)3-4-15-9(16)8(12)7(11)5-14-15/h5H,3-4H2,1-2H3. The summed E-state index contributed by atoms with van der Waals surface area (Å²) in [5.74, 6) is 0. The van der Waals surface area contributed by atoms with Gasteiger partial charge in [0.2, 0.25) is 0 Å². The van der Waals surface area contributed by atoms with Crippen molar-refractivity contribution in [1.82, 2.24) is 9.78 Å². The lowest BCUT2D eigenvalue weighted by molar-refractivity contribution is 0.390. The van der Waals surface area contributed by atoms with Crippen LogP contribution in [0, 0.1) is 16.7 Å². The second-order valence-electron chi connectivity index (χ2n) is 4.08. The Morgan fingerprint density at radius 1 is 1.56 bits per heavy atom. The fourth-order valence-electron chi connectivity index (χ4n) is 1.05. The Balaban J connectivity index is 2.89. The molecule has 86 valence electrons. The van der Waals surface area contributed by atoms with Crippen LogP contribution in [0.25, 0.3) is 0 Å². The van der Waals surface area contributed by atoms with Gasteiger partial charge in [-0.15, -0.1) is 0 Å². The molecular weight excluding hydrogens is 338 g/mol. The maximum Gasteiger partial charge on any atom is 0.282 e. The van der Waals surface area contributed by atoms with Crippen LogP contribution < -0.4 is 5.56 Å². The molecule has 16 heavy (non-hydrogen) atoms. The summed E-state index contributed by atoms with van der Waals surface area (Å²) in [6.45, 7) is 4.11. The fraction of sp³-hybridized carbons (Fsp3) is 0.500. The van der Waals surface area contributed by atoms with Crippen molar-refractivity contribution in [2.24, 2.45) is 5.41 Å². The maximum absolute atomic E-state index is 11.7. The van der Waals surface area contributed by atoms with E-state index in [0.29, 0.717) is 21.9 Å². The molecule has 1 rings (SSSR count). The third kappa shape index (κ3) is 3.16. The summed E-state index contributed by atoms with van der Waals surface area (Å²) in [6.07, 6.45) is 2.15. The molecule has 6 heteroatoms. The molecule has 1 aromatic rings. The molecule has 0 fully saturated rings. The summed E-state index contributed by atoms with van der Waals surface area (Å²) in [5, 5.41) is 12.9. The number of rotatable bonds is 3. The fourth-order valence-corrected chi connectivity index (χ4v) is 1.61. The molecule has 0 atom stereocenters. The Morgan fingerprint density at radius 2 is 2.19 bits per heavy atom. The number of halogens is 2. The molecule has 0 unspecified atom stereocenters. The van der Waals surface area contributed by atoms with Gasteiger partial charge in [0.1, 0.15) is 4.47 Å². The zero-order valence-electron chi connectivity index (χ0n) is 9.00. The molecule has 0 aliphatic carbocycles. The van der Waals surface area contributed by atoms with Crippen LogP contribution in [0.2, 0.25) is 0 Å². The molecule has 0 aliphatic rings. The van der Waals surface area contributed by atoms with Gasteiger partial charge in [-0.3, -0.25) is 4.79 Å². The van der Waals surface area contributed by atoms with E-state index in [1.165, 1.54) is 4.68 Å². The molecule has 0 saturated heterocycles. The second-order valence-corrected chi connectivity index (χ2v) is 5.73. The van der Waals surface area contributed by atoms with Crippen LogP contribution in [0.3, 0.4) is 0 Å². The zero-order chi connectivity index (χ0) is 12.3. The Morgan fingerprint density at radius 3 is 2.75 bits per heavy atom. The van der Waals surface area contributed by atoms with Crippen LogP contribution in [0.4, 0.5) is 0 Å². The summed E-state index contributed by atoms with van der Waals surface area (Å²) in [7, 11) is 0. The maximum atomic E-state index is 11.7. The number of hydrogen-bond acceptors (Lipinski definition) is 3. The minimum absolute atomic E-state index is 0.192. The van der Waals surface area contributed by atoms with Crippen molar-refractivity contribution in [3.8, 4) is 6.07 Å². The third-order valence-electron chi connectivity index (χ3n) is 2.19. The first-order valence-electron chi connectivity index (χ1n) is 4.70. The van der Waals surface area contributed by atoms with E-state index < -0.39 is 5.41 Å². The van der Waals surface area contributed by atoms with Crippen molar-refractivity contribution in [3.63, 3.8) is 0 Å². The lowest BCUT2D eigenvalue weighted by Crippen LogP contribution is -2.26. The van der Waals surface area contributed by atoms with E-state index in [-0.39, 0.29) is 5.56 Å². The molecule has 0 spiro atoms. The van der Waals surface area contributed by atoms with E-state index >= 15 is 0 Å². The van der Waals surface area contributed by atoms with E-state index in [0.717, 1.165) is 0 Å². The molecule has 1 aromatic heterocycles. The first-order chi connectivity index (χ1) is 7.37. The van der Waals surface area contributed by atoms with Crippen molar-refractivity contribution >= 4 is 31.9 Å². The number of nitrogens with zero attached hydrogens (tertiary/aromatic N) is 3. The summed E-state index contributed by atoms with van der Waals surface area (Å²) in [5.41, 5.74) is -0.635. The minimum atomic E-state index is -0.444. The SMILES string of the molecule is CC(C)(C#N)CCn1ncc(Br)c(Br)c1=O. The summed E-state index contributed by atoms with van der Waals surface area (Å²) in [4.78, 5) is 11.7. The van der Waals surface area contributed by atoms with Gasteiger partial charge in [0.05, 0.1) is 22.2 Å². The van der Waals surface area contributed by atoms with E-state index in [9.17, 15) is 4.79 Å². The molecule has 0 radical (unpaired) electrons. The van der Waals surface area contributed by atoms with E-state index in [1.54, 1.807) is 6.20 Å². The van der Waals surface area contributed by atoms with Crippen molar-refractivity contribution in [2.45, 2.75) is 26.8 Å². The average molecular weight is 349 g/mol. The van der Waals surface area contributed by atoms with Gasteiger partial charge in [-0.1, -0.05) is 0 Å². The van der Waals surface area contributed by atoms with Crippen LogP contribution in [0.1, 0.15) is 20.3 Å². The molecule has 0 aliphatic heterocycles. The highest BCUT2D eigenvalue weighted by Crippen LogP contribution is 2.20. The lowest BCUT2D eigenvalue weighted by Gasteiger charge is -2.15. The predicted octanol–water partition coefficient (Wildman–Crippen LogP) is 2.71. The lowest BCUT2D eigenvalue weighted by atomic mass is 9.92. The quantitative estimate of drug-likeness (QED) is 0.843. The Bertz CT molecular complexity index is 488. The van der Waals surface area contributed by atoms with Crippen LogP contribution in [-0.2, 0) is 6.54 Å². The van der Waals surface area contributed by atoms with Crippen LogP contribution in [-0.4, -0.2) is 9.78 Å². The van der Waals surface area contributed by atoms with Crippen molar-refractivity contribution in [3.05, 3.63) is 25.5 Å². The molecule has 0 bridgehead atoms. The van der Waals surface area contributed by atoms with Crippen molar-refractivity contribution in [1.29, 1.82) is 5.26 Å². The smallest absolute Gasteiger partial charge is 0.266 e. The average Bonchev–Trinajstić information content (AvgIpc) is 2.25. The molecule has 4 nitrogen and oxygen atoms in total. The molecular formula is C10H11Br2N3O. The Kier molecular flexibility index (Phi) is 4.28. The zero-order valence-corrected chi connectivity index (χ0v) is 12.2. The van der Waals surface area contributed by atoms with Gasteiger partial charge in [-0.25, -0.2) is 4.68 Å². The Labute approximate surface area is 111 Å². The molecule has 0 amide bonds. The topological polar surface area (TPSA) is 58.7 Å². The summed E-state index contributed by atoms with van der Waals surface area (Å²) < 4.78 is 2.44. The van der Waals surface area contributed by atoms with E-state index in [2.05, 4.69) is 43.0 Å². The molecule has 0 saturated carbocycles. The van der Waals surface area contributed by atoms with E-state index in [1.807, 2.05) is 13.8 Å². The highest BCUT2D eigenvalue weighted by molar-refractivity contribution is 9.13. The Hall–Kier alpha value is -0.670. The van der Waals surface area contributed by atoms with Gasteiger partial charge in [0, 0.05) is 6.54 Å². The monoisotopic (exact) mass is 347 g/mol.